The number of aliphatic hydroxyl groups excluding tert-OH is 1. The fourth-order valence-corrected chi connectivity index (χ4v) is 5.46. The third-order valence-electron chi connectivity index (χ3n) is 4.41. The Kier molecular flexibility index (Phi) is 11.9. The molecule has 0 saturated carbocycles. The molecule has 0 bridgehead atoms. The van der Waals surface area contributed by atoms with Gasteiger partial charge in [-0.15, -0.1) is 4.91 Å². The van der Waals surface area contributed by atoms with Crippen LogP contribution >= 0.6 is 21.6 Å². The second kappa shape index (κ2) is 14.7. The van der Waals surface area contributed by atoms with Crippen molar-refractivity contribution in [1.82, 2.24) is 0 Å². The molecular formula is C22H27NO7S2. The second-order valence-corrected chi connectivity index (χ2v) is 9.57. The Balaban J connectivity index is 1.69. The number of benzene rings is 1. The summed E-state index contributed by atoms with van der Waals surface area (Å²) in [6.07, 6.45) is 8.88. The van der Waals surface area contributed by atoms with E-state index in [1.165, 1.54) is 37.5 Å². The SMILES string of the molecule is COc1cc(/C=C/C(=O)OC[C@H](CO)OC(=O)CCCC=C[C@@H]2CCSS2)ccc1N=O. The van der Waals surface area contributed by atoms with Crippen LogP contribution in [0.5, 0.6) is 5.75 Å². The monoisotopic (exact) mass is 481 g/mol. The van der Waals surface area contributed by atoms with E-state index in [0.29, 0.717) is 17.2 Å². The first kappa shape index (κ1) is 26.0. The number of unbranched alkanes of at least 4 members (excludes halogenated alkanes) is 1. The minimum absolute atomic E-state index is 0.155. The van der Waals surface area contributed by atoms with Crippen LogP contribution in [-0.2, 0) is 19.1 Å². The van der Waals surface area contributed by atoms with Gasteiger partial charge in [-0.2, -0.15) is 0 Å². The third kappa shape index (κ3) is 9.46. The Labute approximate surface area is 195 Å². The van der Waals surface area contributed by atoms with Gasteiger partial charge in [-0.1, -0.05) is 39.8 Å². The number of ether oxygens (including phenoxy) is 3. The van der Waals surface area contributed by atoms with Gasteiger partial charge >= 0.3 is 11.9 Å². The molecule has 1 aromatic carbocycles. The van der Waals surface area contributed by atoms with Gasteiger partial charge in [0, 0.05) is 23.5 Å². The van der Waals surface area contributed by atoms with Crippen molar-refractivity contribution < 1.29 is 28.9 Å². The highest BCUT2D eigenvalue weighted by Gasteiger charge is 2.16. The summed E-state index contributed by atoms with van der Waals surface area (Å²) in [7, 11) is 5.16. The zero-order valence-corrected chi connectivity index (χ0v) is 19.4. The van der Waals surface area contributed by atoms with Crippen molar-refractivity contribution in [3.05, 3.63) is 46.9 Å². The lowest BCUT2D eigenvalue weighted by Gasteiger charge is -2.15. The number of allylic oxidation sites excluding steroid dienone is 1. The first-order chi connectivity index (χ1) is 15.5. The van der Waals surface area contributed by atoms with Crippen molar-refractivity contribution in [2.75, 3.05) is 26.1 Å². The van der Waals surface area contributed by atoms with E-state index in [4.69, 9.17) is 14.2 Å². The number of rotatable bonds is 13. The van der Waals surface area contributed by atoms with Crippen molar-refractivity contribution in [3.8, 4) is 5.75 Å². The average molecular weight is 482 g/mol. The number of hydrogen-bond acceptors (Lipinski definition) is 10. The molecule has 0 amide bonds. The summed E-state index contributed by atoms with van der Waals surface area (Å²) in [6.45, 7) is -0.699. The van der Waals surface area contributed by atoms with Crippen LogP contribution in [0.2, 0.25) is 0 Å². The Hall–Kier alpha value is -2.30. The van der Waals surface area contributed by atoms with E-state index >= 15 is 0 Å². The normalized spacial score (nSPS) is 16.9. The maximum atomic E-state index is 11.9. The van der Waals surface area contributed by atoms with Gasteiger partial charge in [0.05, 0.1) is 13.7 Å². The van der Waals surface area contributed by atoms with E-state index < -0.39 is 24.6 Å². The summed E-state index contributed by atoms with van der Waals surface area (Å²) in [6, 6.07) is 4.63. The number of hydrogen-bond donors (Lipinski definition) is 1. The van der Waals surface area contributed by atoms with Gasteiger partial charge in [0.1, 0.15) is 18.0 Å². The van der Waals surface area contributed by atoms with Crippen LogP contribution in [0.15, 0.2) is 41.6 Å². The molecular weight excluding hydrogens is 454 g/mol. The molecule has 1 saturated heterocycles. The fraction of sp³-hybridized carbons (Fsp3) is 0.455. The first-order valence-electron chi connectivity index (χ1n) is 10.2. The summed E-state index contributed by atoms with van der Waals surface area (Å²) in [4.78, 5) is 34.5. The lowest BCUT2D eigenvalue weighted by atomic mass is 10.2. The van der Waals surface area contributed by atoms with Crippen LogP contribution in [0.3, 0.4) is 0 Å². The highest BCUT2D eigenvalue weighted by atomic mass is 33.1. The molecule has 1 aromatic rings. The van der Waals surface area contributed by atoms with Crippen molar-refractivity contribution in [2.45, 2.75) is 37.0 Å². The molecule has 1 aliphatic rings. The predicted octanol–water partition coefficient (Wildman–Crippen LogP) is 4.43. The highest BCUT2D eigenvalue weighted by molar-refractivity contribution is 8.77. The molecule has 10 heteroatoms. The van der Waals surface area contributed by atoms with E-state index in [1.54, 1.807) is 12.1 Å². The van der Waals surface area contributed by atoms with Gasteiger partial charge in [-0.25, -0.2) is 4.79 Å². The molecule has 0 unspecified atom stereocenters. The number of carbonyl (C=O) groups excluding carboxylic acids is 2. The van der Waals surface area contributed by atoms with Crippen molar-refractivity contribution in [1.29, 1.82) is 0 Å². The van der Waals surface area contributed by atoms with Crippen molar-refractivity contribution in [3.63, 3.8) is 0 Å². The van der Waals surface area contributed by atoms with Gasteiger partial charge in [-0.05, 0) is 48.2 Å². The van der Waals surface area contributed by atoms with Gasteiger partial charge in [0.2, 0.25) is 0 Å². The van der Waals surface area contributed by atoms with Crippen LogP contribution in [0.1, 0.15) is 31.2 Å². The predicted molar refractivity (Wildman–Crippen MR) is 127 cm³/mol. The molecule has 2 atom stereocenters. The summed E-state index contributed by atoms with van der Waals surface area (Å²) in [5, 5.41) is 12.8. The molecule has 2 rings (SSSR count). The van der Waals surface area contributed by atoms with E-state index in [9.17, 15) is 19.6 Å². The summed E-state index contributed by atoms with van der Waals surface area (Å²) >= 11 is 0. The number of nitroso groups, excluding NO2 is 1. The molecule has 32 heavy (non-hydrogen) atoms. The topological polar surface area (TPSA) is 111 Å². The maximum absolute atomic E-state index is 11.9. The number of esters is 2. The summed E-state index contributed by atoms with van der Waals surface area (Å²) in [5.41, 5.74) is 0.762. The smallest absolute Gasteiger partial charge is 0.330 e. The molecule has 1 N–H and O–H groups in total. The van der Waals surface area contributed by atoms with Crippen LogP contribution in [0, 0.1) is 4.91 Å². The Morgan fingerprint density at radius 1 is 1.38 bits per heavy atom. The van der Waals surface area contributed by atoms with Gasteiger partial charge in [0.25, 0.3) is 0 Å². The van der Waals surface area contributed by atoms with Crippen molar-refractivity contribution in [2.24, 2.45) is 5.18 Å². The molecule has 1 aliphatic heterocycles. The van der Waals surface area contributed by atoms with E-state index in [0.717, 1.165) is 6.42 Å². The Morgan fingerprint density at radius 2 is 2.22 bits per heavy atom. The van der Waals surface area contributed by atoms with E-state index in [1.807, 2.05) is 21.6 Å². The van der Waals surface area contributed by atoms with Crippen LogP contribution in [0.4, 0.5) is 5.69 Å². The van der Waals surface area contributed by atoms with Crippen LogP contribution in [0.25, 0.3) is 6.08 Å². The lowest BCUT2D eigenvalue weighted by Crippen LogP contribution is -2.28. The zero-order chi connectivity index (χ0) is 23.2. The molecule has 0 aromatic heterocycles. The molecule has 0 spiro atoms. The van der Waals surface area contributed by atoms with E-state index in [2.05, 4.69) is 17.3 Å². The zero-order valence-electron chi connectivity index (χ0n) is 17.8. The second-order valence-electron chi connectivity index (χ2n) is 6.85. The van der Waals surface area contributed by atoms with E-state index in [-0.39, 0.29) is 24.5 Å². The Morgan fingerprint density at radius 3 is 2.91 bits per heavy atom. The minimum atomic E-state index is -0.916. The average Bonchev–Trinajstić information content (AvgIpc) is 3.33. The number of methoxy groups -OCH3 is 1. The molecule has 1 heterocycles. The number of nitrogens with zero attached hydrogens (tertiary/aromatic N) is 1. The van der Waals surface area contributed by atoms with Gasteiger partial charge in [-0.3, -0.25) is 4.79 Å². The molecule has 1 fully saturated rings. The van der Waals surface area contributed by atoms with Crippen LogP contribution < -0.4 is 4.74 Å². The molecule has 8 nitrogen and oxygen atoms in total. The first-order valence-corrected chi connectivity index (χ1v) is 12.6. The third-order valence-corrected chi connectivity index (χ3v) is 7.24. The maximum Gasteiger partial charge on any atom is 0.330 e. The van der Waals surface area contributed by atoms with Crippen molar-refractivity contribution >= 4 is 45.3 Å². The largest absolute Gasteiger partial charge is 0.494 e. The lowest BCUT2D eigenvalue weighted by molar-refractivity contribution is -0.159. The van der Waals surface area contributed by atoms with Gasteiger partial charge in [0.15, 0.2) is 6.10 Å². The molecule has 0 radical (unpaired) electrons. The number of aliphatic hydroxyl groups is 1. The van der Waals surface area contributed by atoms with Gasteiger partial charge < -0.3 is 19.3 Å². The summed E-state index contributed by atoms with van der Waals surface area (Å²) < 4.78 is 15.3. The Bertz CT molecular complexity index is 822. The molecule has 174 valence electrons. The van der Waals surface area contributed by atoms with Crippen LogP contribution in [-0.4, -0.2) is 54.5 Å². The summed E-state index contributed by atoms with van der Waals surface area (Å²) in [5.74, 6) is 0.361. The number of carbonyl (C=O) groups is 2. The fourth-order valence-electron chi connectivity index (χ4n) is 2.72. The molecule has 0 aliphatic carbocycles. The quantitative estimate of drug-likeness (QED) is 0.109. The highest BCUT2D eigenvalue weighted by Crippen LogP contribution is 2.38. The standard InChI is InChI=1S/C22H27NO7S2/c1-28-20-13-16(7-9-19(20)23-27)8-10-21(25)29-15-17(14-24)30-22(26)6-4-2-3-5-18-11-12-31-32-18/h3,5,7-10,13,17-18,24H,2,4,6,11-12,14-15H2,1H3/b5-3?,10-8+/t17-,18+/m0/s1. The minimum Gasteiger partial charge on any atom is -0.494 e.